The second kappa shape index (κ2) is 4.10. The minimum Gasteiger partial charge on any atom is -0.476 e. The van der Waals surface area contributed by atoms with Gasteiger partial charge in [-0.3, -0.25) is 0 Å². The van der Waals surface area contributed by atoms with Crippen LogP contribution in [0.2, 0.25) is 0 Å². The van der Waals surface area contributed by atoms with Crippen molar-refractivity contribution in [3.63, 3.8) is 0 Å². The number of aryl methyl sites for hydroxylation is 1. The molecular formula is C13H12N2O2S. The zero-order valence-corrected chi connectivity index (χ0v) is 10.7. The first-order valence-electron chi connectivity index (χ1n) is 5.67. The van der Waals surface area contributed by atoms with Crippen molar-refractivity contribution in [3.8, 4) is 0 Å². The van der Waals surface area contributed by atoms with E-state index in [2.05, 4.69) is 22.0 Å². The predicted octanol–water partition coefficient (Wildman–Crippen LogP) is 2.67. The number of anilines is 1. The summed E-state index contributed by atoms with van der Waals surface area (Å²) >= 11 is 1.44. The number of rotatable bonds is 2. The number of hydrogen-bond donors (Lipinski definition) is 1. The van der Waals surface area contributed by atoms with Crippen molar-refractivity contribution in [1.29, 1.82) is 0 Å². The minimum absolute atomic E-state index is 0.172. The lowest BCUT2D eigenvalue weighted by Crippen LogP contribution is -2.14. The van der Waals surface area contributed by atoms with Gasteiger partial charge in [0.1, 0.15) is 0 Å². The van der Waals surface area contributed by atoms with Crippen molar-refractivity contribution >= 4 is 22.4 Å². The number of aromatic nitrogens is 1. The van der Waals surface area contributed by atoms with Gasteiger partial charge in [-0.15, -0.1) is 11.3 Å². The van der Waals surface area contributed by atoms with Crippen LogP contribution in [0.5, 0.6) is 0 Å². The molecule has 1 aromatic carbocycles. The standard InChI is InChI=1S/C13H12N2O2S/c1-8-11(12(16)17)14-13(18-8)15-6-9-4-2-3-5-10(9)7-15/h2-5H,6-7H2,1H3,(H,16,17). The quantitative estimate of drug-likeness (QED) is 0.902. The van der Waals surface area contributed by atoms with Gasteiger partial charge in [0.25, 0.3) is 0 Å². The number of hydrogen-bond acceptors (Lipinski definition) is 4. The number of fused-ring (bicyclic) bond motifs is 1. The van der Waals surface area contributed by atoms with E-state index in [1.165, 1.54) is 22.5 Å². The maximum atomic E-state index is 11.0. The average molecular weight is 260 g/mol. The molecule has 18 heavy (non-hydrogen) atoms. The van der Waals surface area contributed by atoms with Crippen LogP contribution >= 0.6 is 11.3 Å². The molecule has 0 unspecified atom stereocenters. The van der Waals surface area contributed by atoms with Gasteiger partial charge in [0, 0.05) is 18.0 Å². The summed E-state index contributed by atoms with van der Waals surface area (Å²) in [5.41, 5.74) is 2.76. The lowest BCUT2D eigenvalue weighted by molar-refractivity contribution is 0.0690. The van der Waals surface area contributed by atoms with Crippen molar-refractivity contribution in [2.45, 2.75) is 20.0 Å². The fourth-order valence-electron chi connectivity index (χ4n) is 2.18. The molecule has 92 valence electrons. The second-order valence-corrected chi connectivity index (χ2v) is 5.51. The lowest BCUT2D eigenvalue weighted by atomic mass is 10.1. The van der Waals surface area contributed by atoms with E-state index in [1.54, 1.807) is 6.92 Å². The molecule has 0 saturated carbocycles. The summed E-state index contributed by atoms with van der Waals surface area (Å²) in [4.78, 5) is 18.1. The van der Waals surface area contributed by atoms with E-state index < -0.39 is 5.97 Å². The van der Waals surface area contributed by atoms with Gasteiger partial charge in [-0.05, 0) is 18.1 Å². The molecule has 0 spiro atoms. The molecular weight excluding hydrogens is 248 g/mol. The fraction of sp³-hybridized carbons (Fsp3) is 0.231. The lowest BCUT2D eigenvalue weighted by Gasteiger charge is -2.12. The zero-order chi connectivity index (χ0) is 12.7. The van der Waals surface area contributed by atoms with Gasteiger partial charge in [-0.1, -0.05) is 24.3 Å². The summed E-state index contributed by atoms with van der Waals surface area (Å²) in [7, 11) is 0. The van der Waals surface area contributed by atoms with Gasteiger partial charge in [0.2, 0.25) is 0 Å². The first-order valence-corrected chi connectivity index (χ1v) is 6.49. The number of carboxylic acids is 1. The summed E-state index contributed by atoms with van der Waals surface area (Å²) in [5.74, 6) is -0.952. The van der Waals surface area contributed by atoms with Gasteiger partial charge in [0.05, 0.1) is 0 Å². The minimum atomic E-state index is -0.952. The van der Waals surface area contributed by atoms with Crippen LogP contribution in [0.25, 0.3) is 0 Å². The summed E-state index contributed by atoms with van der Waals surface area (Å²) in [6, 6.07) is 8.26. The highest BCUT2D eigenvalue weighted by molar-refractivity contribution is 7.15. The largest absolute Gasteiger partial charge is 0.476 e. The van der Waals surface area contributed by atoms with Crippen LogP contribution in [0.1, 0.15) is 26.5 Å². The van der Waals surface area contributed by atoms with Crippen molar-refractivity contribution in [2.24, 2.45) is 0 Å². The van der Waals surface area contributed by atoms with Crippen LogP contribution in [-0.4, -0.2) is 16.1 Å². The molecule has 1 N–H and O–H groups in total. The van der Waals surface area contributed by atoms with Gasteiger partial charge < -0.3 is 10.0 Å². The van der Waals surface area contributed by atoms with Crippen molar-refractivity contribution in [3.05, 3.63) is 46.0 Å². The molecule has 1 aliphatic rings. The van der Waals surface area contributed by atoms with E-state index in [4.69, 9.17) is 5.11 Å². The van der Waals surface area contributed by atoms with Gasteiger partial charge in [0.15, 0.2) is 10.8 Å². The molecule has 0 saturated heterocycles. The average Bonchev–Trinajstić information content (AvgIpc) is 2.91. The number of nitrogens with zero attached hydrogens (tertiary/aromatic N) is 2. The Morgan fingerprint density at radius 3 is 2.44 bits per heavy atom. The third kappa shape index (κ3) is 1.76. The van der Waals surface area contributed by atoms with E-state index in [0.29, 0.717) is 0 Å². The molecule has 1 aliphatic heterocycles. The van der Waals surface area contributed by atoms with Crippen molar-refractivity contribution < 1.29 is 9.90 Å². The molecule has 0 aliphatic carbocycles. The first kappa shape index (κ1) is 11.2. The van der Waals surface area contributed by atoms with E-state index in [0.717, 1.165) is 23.1 Å². The smallest absolute Gasteiger partial charge is 0.355 e. The van der Waals surface area contributed by atoms with Crippen molar-refractivity contribution in [1.82, 2.24) is 4.98 Å². The highest BCUT2D eigenvalue weighted by Gasteiger charge is 2.23. The molecule has 1 aromatic heterocycles. The van der Waals surface area contributed by atoms with Gasteiger partial charge in [-0.2, -0.15) is 0 Å². The van der Waals surface area contributed by atoms with Crippen LogP contribution in [-0.2, 0) is 13.1 Å². The Kier molecular flexibility index (Phi) is 2.56. The maximum Gasteiger partial charge on any atom is 0.355 e. The first-order chi connectivity index (χ1) is 8.65. The molecule has 0 amide bonds. The van der Waals surface area contributed by atoms with E-state index >= 15 is 0 Å². The molecule has 2 heterocycles. The third-order valence-corrected chi connectivity index (χ3v) is 4.13. The Morgan fingerprint density at radius 2 is 1.94 bits per heavy atom. The summed E-state index contributed by atoms with van der Waals surface area (Å²) in [5, 5.41) is 9.81. The van der Waals surface area contributed by atoms with Gasteiger partial charge in [-0.25, -0.2) is 9.78 Å². The normalized spacial score (nSPS) is 13.7. The van der Waals surface area contributed by atoms with Crippen LogP contribution in [0.4, 0.5) is 5.13 Å². The SMILES string of the molecule is Cc1sc(N2Cc3ccccc3C2)nc1C(=O)O. The van der Waals surface area contributed by atoms with Crippen LogP contribution in [0.15, 0.2) is 24.3 Å². The maximum absolute atomic E-state index is 11.0. The third-order valence-electron chi connectivity index (χ3n) is 3.10. The predicted molar refractivity (Wildman–Crippen MR) is 70.1 cm³/mol. The Labute approximate surface area is 109 Å². The second-order valence-electron chi connectivity index (χ2n) is 4.33. The van der Waals surface area contributed by atoms with Crippen LogP contribution in [0.3, 0.4) is 0 Å². The topological polar surface area (TPSA) is 53.4 Å². The molecule has 0 atom stereocenters. The summed E-state index contributed by atoms with van der Waals surface area (Å²) < 4.78 is 0. The number of thiazole rings is 1. The van der Waals surface area contributed by atoms with E-state index in [9.17, 15) is 4.79 Å². The molecule has 0 bridgehead atoms. The Balaban J connectivity index is 1.91. The van der Waals surface area contributed by atoms with Crippen LogP contribution < -0.4 is 4.90 Å². The van der Waals surface area contributed by atoms with E-state index in [-0.39, 0.29) is 5.69 Å². The number of carboxylic acid groups (broad SMARTS) is 1. The fourth-order valence-corrected chi connectivity index (χ4v) is 3.08. The Bertz CT molecular complexity index is 596. The monoisotopic (exact) mass is 260 g/mol. The van der Waals surface area contributed by atoms with Crippen LogP contribution in [0, 0.1) is 6.92 Å². The molecule has 0 radical (unpaired) electrons. The molecule has 3 rings (SSSR count). The Hall–Kier alpha value is -1.88. The number of carbonyl (C=O) groups is 1. The molecule has 4 nitrogen and oxygen atoms in total. The Morgan fingerprint density at radius 1 is 1.33 bits per heavy atom. The number of benzene rings is 1. The van der Waals surface area contributed by atoms with Crippen molar-refractivity contribution in [2.75, 3.05) is 4.90 Å². The highest BCUT2D eigenvalue weighted by atomic mass is 32.1. The number of aromatic carboxylic acids is 1. The summed E-state index contributed by atoms with van der Waals surface area (Å²) in [6.07, 6.45) is 0. The zero-order valence-electron chi connectivity index (χ0n) is 9.88. The highest BCUT2D eigenvalue weighted by Crippen LogP contribution is 2.32. The summed E-state index contributed by atoms with van der Waals surface area (Å²) in [6.45, 7) is 3.41. The van der Waals surface area contributed by atoms with E-state index in [1.807, 2.05) is 12.1 Å². The van der Waals surface area contributed by atoms with Gasteiger partial charge >= 0.3 is 5.97 Å². The molecule has 5 heteroatoms. The molecule has 2 aromatic rings. The molecule has 0 fully saturated rings.